The van der Waals surface area contributed by atoms with Gasteiger partial charge in [0.25, 0.3) is 16.0 Å². The molecule has 8 nitrogen and oxygen atoms in total. The SMILES string of the molecule is CCCCCOC(=O)c1cc(N)ccc1S(=O)(=O)O.NC(=O)c1c(Cl)cccc1Cl. The predicted octanol–water partition coefficient (Wildman–Crippen LogP) is 3.95. The topological polar surface area (TPSA) is 150 Å². The Morgan fingerprint density at radius 3 is 2.17 bits per heavy atom. The fourth-order valence-corrected chi connectivity index (χ4v) is 3.50. The van der Waals surface area contributed by atoms with E-state index in [1.165, 1.54) is 12.1 Å². The number of carbonyl (C=O) groups excluding carboxylic acids is 2. The largest absolute Gasteiger partial charge is 0.462 e. The lowest BCUT2D eigenvalue weighted by atomic mass is 10.2. The molecule has 0 radical (unpaired) electrons. The van der Waals surface area contributed by atoms with Gasteiger partial charge in [0, 0.05) is 5.69 Å². The monoisotopic (exact) mass is 476 g/mol. The molecule has 1 amide bonds. The molecule has 2 rings (SSSR count). The molecule has 0 unspecified atom stereocenters. The second-order valence-corrected chi connectivity index (χ2v) is 8.24. The van der Waals surface area contributed by atoms with Crippen LogP contribution in [0.1, 0.15) is 46.9 Å². The zero-order valence-electron chi connectivity index (χ0n) is 16.1. The molecule has 0 bridgehead atoms. The molecular weight excluding hydrogens is 455 g/mol. The van der Waals surface area contributed by atoms with E-state index in [0.717, 1.165) is 18.9 Å². The first-order chi connectivity index (χ1) is 14.0. The molecule has 0 heterocycles. The lowest BCUT2D eigenvalue weighted by Gasteiger charge is -2.08. The van der Waals surface area contributed by atoms with Crippen molar-refractivity contribution in [3.05, 3.63) is 57.6 Å². The van der Waals surface area contributed by atoms with Crippen molar-refractivity contribution < 1.29 is 27.3 Å². The molecule has 2 aromatic rings. The Kier molecular flexibility index (Phi) is 10.1. The van der Waals surface area contributed by atoms with Crippen molar-refractivity contribution >= 4 is 50.9 Å². The van der Waals surface area contributed by atoms with Gasteiger partial charge in [0.2, 0.25) is 0 Å². The molecule has 0 aliphatic carbocycles. The highest BCUT2D eigenvalue weighted by molar-refractivity contribution is 7.86. The number of amides is 1. The first kappa shape index (κ1) is 25.7. The average molecular weight is 477 g/mol. The van der Waals surface area contributed by atoms with Gasteiger partial charge < -0.3 is 16.2 Å². The van der Waals surface area contributed by atoms with Crippen molar-refractivity contribution in [3.63, 3.8) is 0 Å². The normalized spacial score (nSPS) is 10.7. The van der Waals surface area contributed by atoms with Crippen LogP contribution in [0.4, 0.5) is 5.69 Å². The first-order valence-electron chi connectivity index (χ1n) is 8.77. The minimum Gasteiger partial charge on any atom is -0.462 e. The lowest BCUT2D eigenvalue weighted by Crippen LogP contribution is -2.13. The van der Waals surface area contributed by atoms with E-state index >= 15 is 0 Å². The van der Waals surface area contributed by atoms with E-state index in [2.05, 4.69) is 0 Å². The summed E-state index contributed by atoms with van der Waals surface area (Å²) in [6.45, 7) is 2.21. The van der Waals surface area contributed by atoms with E-state index in [9.17, 15) is 18.0 Å². The van der Waals surface area contributed by atoms with Crippen molar-refractivity contribution in [3.8, 4) is 0 Å². The maximum absolute atomic E-state index is 11.8. The molecule has 2 aromatic carbocycles. The smallest absolute Gasteiger partial charge is 0.339 e. The van der Waals surface area contributed by atoms with E-state index in [1.54, 1.807) is 18.2 Å². The van der Waals surface area contributed by atoms with E-state index in [1.807, 2.05) is 6.92 Å². The number of unbranched alkanes of at least 4 members (excludes halogenated alkanes) is 2. The first-order valence-corrected chi connectivity index (χ1v) is 11.0. The molecule has 0 aliphatic rings. The molecule has 0 spiro atoms. The molecule has 30 heavy (non-hydrogen) atoms. The van der Waals surface area contributed by atoms with Crippen LogP contribution in [-0.4, -0.2) is 31.5 Å². The van der Waals surface area contributed by atoms with Crippen LogP contribution in [0.15, 0.2) is 41.3 Å². The number of anilines is 1. The minimum absolute atomic E-state index is 0.177. The number of carbonyl (C=O) groups is 2. The maximum Gasteiger partial charge on any atom is 0.339 e. The quantitative estimate of drug-likeness (QED) is 0.236. The Balaban J connectivity index is 0.000000346. The van der Waals surface area contributed by atoms with Crippen LogP contribution in [0.25, 0.3) is 0 Å². The summed E-state index contributed by atoms with van der Waals surface area (Å²) in [6.07, 6.45) is 2.59. The number of nitrogens with two attached hydrogens (primary N) is 2. The van der Waals surface area contributed by atoms with Gasteiger partial charge in [0.15, 0.2) is 0 Å². The van der Waals surface area contributed by atoms with Crippen LogP contribution in [0.3, 0.4) is 0 Å². The van der Waals surface area contributed by atoms with Gasteiger partial charge in [-0.1, -0.05) is 49.0 Å². The third kappa shape index (κ3) is 7.83. The number of esters is 1. The average Bonchev–Trinajstić information content (AvgIpc) is 2.64. The van der Waals surface area contributed by atoms with Gasteiger partial charge in [0.05, 0.1) is 27.8 Å². The van der Waals surface area contributed by atoms with Gasteiger partial charge in [-0.2, -0.15) is 8.42 Å². The minimum atomic E-state index is -4.49. The maximum atomic E-state index is 11.8. The van der Waals surface area contributed by atoms with Crippen LogP contribution < -0.4 is 11.5 Å². The highest BCUT2D eigenvalue weighted by atomic mass is 35.5. The van der Waals surface area contributed by atoms with Crippen molar-refractivity contribution in [2.75, 3.05) is 12.3 Å². The third-order valence-corrected chi connectivity index (χ3v) is 5.23. The van der Waals surface area contributed by atoms with Crippen LogP contribution in [0, 0.1) is 0 Å². The number of primary amides is 1. The molecule has 164 valence electrons. The molecule has 0 atom stereocenters. The van der Waals surface area contributed by atoms with E-state index in [-0.39, 0.29) is 33.5 Å². The van der Waals surface area contributed by atoms with Crippen molar-refractivity contribution in [2.24, 2.45) is 5.73 Å². The number of rotatable bonds is 7. The Morgan fingerprint density at radius 2 is 1.70 bits per heavy atom. The fraction of sp³-hybridized carbons (Fsp3) is 0.263. The zero-order valence-corrected chi connectivity index (χ0v) is 18.4. The number of hydrogen-bond donors (Lipinski definition) is 3. The van der Waals surface area contributed by atoms with E-state index in [0.29, 0.717) is 6.42 Å². The predicted molar refractivity (Wildman–Crippen MR) is 115 cm³/mol. The molecular formula is C19H22Cl2N2O6S. The summed E-state index contributed by atoms with van der Waals surface area (Å²) in [6, 6.07) is 8.31. The van der Waals surface area contributed by atoms with Crippen LogP contribution in [0.2, 0.25) is 10.0 Å². The van der Waals surface area contributed by atoms with Crippen molar-refractivity contribution in [2.45, 2.75) is 31.1 Å². The zero-order chi connectivity index (χ0) is 22.9. The molecule has 5 N–H and O–H groups in total. The number of nitrogen functional groups attached to an aromatic ring is 1. The summed E-state index contributed by atoms with van der Waals surface area (Å²) in [7, 11) is -4.49. The molecule has 0 aliphatic heterocycles. The summed E-state index contributed by atoms with van der Waals surface area (Å²) < 4.78 is 36.3. The summed E-state index contributed by atoms with van der Waals surface area (Å²) in [5.74, 6) is -1.42. The van der Waals surface area contributed by atoms with Crippen molar-refractivity contribution in [1.82, 2.24) is 0 Å². The Labute approximate surface area is 184 Å². The van der Waals surface area contributed by atoms with Gasteiger partial charge in [0.1, 0.15) is 4.90 Å². The Morgan fingerprint density at radius 1 is 1.10 bits per heavy atom. The van der Waals surface area contributed by atoms with Crippen molar-refractivity contribution in [1.29, 1.82) is 0 Å². The number of benzene rings is 2. The molecule has 0 aromatic heterocycles. The molecule has 0 saturated heterocycles. The van der Waals surface area contributed by atoms with E-state index in [4.69, 9.17) is 44.0 Å². The number of halogens is 2. The highest BCUT2D eigenvalue weighted by Gasteiger charge is 2.21. The fourth-order valence-electron chi connectivity index (χ4n) is 2.26. The number of ether oxygens (including phenoxy) is 1. The Hall–Kier alpha value is -2.33. The van der Waals surface area contributed by atoms with Gasteiger partial charge in [-0.3, -0.25) is 9.35 Å². The summed E-state index contributed by atoms with van der Waals surface area (Å²) in [5.41, 5.74) is 10.6. The van der Waals surface area contributed by atoms with E-state index < -0.39 is 26.9 Å². The summed E-state index contributed by atoms with van der Waals surface area (Å²) in [4.78, 5) is 22.0. The molecule has 0 fully saturated rings. The number of hydrogen-bond acceptors (Lipinski definition) is 6. The molecule has 11 heteroatoms. The summed E-state index contributed by atoms with van der Waals surface area (Å²) in [5, 5.41) is 0.565. The Bertz CT molecular complexity index is 992. The lowest BCUT2D eigenvalue weighted by molar-refractivity contribution is 0.0493. The highest BCUT2D eigenvalue weighted by Crippen LogP contribution is 2.23. The van der Waals surface area contributed by atoms with Crippen LogP contribution in [-0.2, 0) is 14.9 Å². The van der Waals surface area contributed by atoms with Gasteiger partial charge >= 0.3 is 5.97 Å². The van der Waals surface area contributed by atoms with Crippen LogP contribution in [0.5, 0.6) is 0 Å². The summed E-state index contributed by atoms with van der Waals surface area (Å²) >= 11 is 11.3. The van der Waals surface area contributed by atoms with Gasteiger partial charge in [-0.05, 0) is 36.8 Å². The van der Waals surface area contributed by atoms with Crippen LogP contribution >= 0.6 is 23.2 Å². The second-order valence-electron chi connectivity index (χ2n) is 6.03. The second kappa shape index (κ2) is 11.8. The third-order valence-electron chi connectivity index (χ3n) is 3.69. The standard InChI is InChI=1S/C12H17NO5S.C7H5Cl2NO/c1-2-3-4-7-18-12(14)10-8-9(13)5-6-11(10)19(15,16)17;8-4-2-1-3-5(9)6(4)7(10)11/h5-6,8H,2-4,7,13H2,1H3,(H,15,16,17);1-3H,(H2,10,11). The van der Waals surface area contributed by atoms with Gasteiger partial charge in [-0.25, -0.2) is 4.79 Å². The van der Waals surface area contributed by atoms with Gasteiger partial charge in [-0.15, -0.1) is 0 Å². The molecule has 0 saturated carbocycles.